The predicted molar refractivity (Wildman–Crippen MR) is 79.0 cm³/mol. The van der Waals surface area contributed by atoms with Crippen molar-refractivity contribution in [3.8, 4) is 0 Å². The van der Waals surface area contributed by atoms with Crippen LogP contribution >= 0.6 is 0 Å². The van der Waals surface area contributed by atoms with Crippen LogP contribution in [0.3, 0.4) is 0 Å². The maximum Gasteiger partial charge on any atom is 0.104 e. The molecule has 4 bridgehead atoms. The van der Waals surface area contributed by atoms with Crippen molar-refractivity contribution < 1.29 is 5.11 Å². The second-order valence-electron chi connectivity index (χ2n) is 7.93. The van der Waals surface area contributed by atoms with Crippen LogP contribution in [0.1, 0.15) is 50.5 Å². The molecule has 4 fully saturated rings. The molecule has 1 unspecified atom stereocenters. The normalized spacial score (nSPS) is 41.8. The first-order valence-electron chi connectivity index (χ1n) is 8.17. The molecular weight excluding hydrogens is 248 g/mol. The van der Waals surface area contributed by atoms with Crippen LogP contribution in [0.25, 0.3) is 0 Å². The van der Waals surface area contributed by atoms with Gasteiger partial charge in [-0.15, -0.1) is 0 Å². The minimum atomic E-state index is -0.842. The fraction of sp³-hybridized carbons (Fsp3) is 0.765. The van der Waals surface area contributed by atoms with Crippen LogP contribution in [0.5, 0.6) is 0 Å². The van der Waals surface area contributed by atoms with E-state index in [0.717, 1.165) is 29.7 Å². The molecular formula is C17H26N2O. The maximum absolute atomic E-state index is 11.1. The molecule has 0 amide bonds. The fourth-order valence-electron chi connectivity index (χ4n) is 6.03. The number of aromatic nitrogens is 1. The third-order valence-corrected chi connectivity index (χ3v) is 6.31. The van der Waals surface area contributed by atoms with Crippen molar-refractivity contribution in [2.75, 3.05) is 6.54 Å². The van der Waals surface area contributed by atoms with Crippen LogP contribution in [0.2, 0.25) is 0 Å². The summed E-state index contributed by atoms with van der Waals surface area (Å²) in [5.41, 5.74) is 6.45. The summed E-state index contributed by atoms with van der Waals surface area (Å²) in [6.07, 6.45) is 13.0. The monoisotopic (exact) mass is 274 g/mol. The van der Waals surface area contributed by atoms with Gasteiger partial charge in [-0.3, -0.25) is 0 Å². The second-order valence-corrected chi connectivity index (χ2v) is 7.93. The number of nitrogens with two attached hydrogens (primary N) is 1. The van der Waals surface area contributed by atoms with Crippen LogP contribution in [-0.2, 0) is 5.60 Å². The van der Waals surface area contributed by atoms with Crippen molar-refractivity contribution >= 4 is 0 Å². The number of aromatic amines is 1. The first-order valence-corrected chi connectivity index (χ1v) is 8.17. The fourth-order valence-corrected chi connectivity index (χ4v) is 6.03. The van der Waals surface area contributed by atoms with Gasteiger partial charge >= 0.3 is 0 Å². The third kappa shape index (κ3) is 1.94. The van der Waals surface area contributed by atoms with Gasteiger partial charge < -0.3 is 15.8 Å². The molecule has 110 valence electrons. The first kappa shape index (κ1) is 12.9. The molecule has 1 atom stereocenters. The van der Waals surface area contributed by atoms with E-state index in [4.69, 9.17) is 5.73 Å². The molecule has 4 saturated carbocycles. The van der Waals surface area contributed by atoms with E-state index in [1.54, 1.807) is 0 Å². The molecule has 0 aromatic carbocycles. The Morgan fingerprint density at radius 2 is 1.80 bits per heavy atom. The second kappa shape index (κ2) is 4.35. The highest BCUT2D eigenvalue weighted by atomic mass is 16.3. The Morgan fingerprint density at radius 1 is 1.20 bits per heavy atom. The van der Waals surface area contributed by atoms with E-state index >= 15 is 0 Å². The highest BCUT2D eigenvalue weighted by molar-refractivity contribution is 5.20. The summed E-state index contributed by atoms with van der Waals surface area (Å²) in [5.74, 6) is 2.78. The van der Waals surface area contributed by atoms with E-state index in [9.17, 15) is 5.11 Å². The Bertz CT molecular complexity index is 446. The molecule has 3 nitrogen and oxygen atoms in total. The molecule has 0 aliphatic heterocycles. The summed E-state index contributed by atoms with van der Waals surface area (Å²) in [4.78, 5) is 3.06. The van der Waals surface area contributed by atoms with Crippen LogP contribution in [-0.4, -0.2) is 16.6 Å². The lowest BCUT2D eigenvalue weighted by molar-refractivity contribution is -0.103. The highest BCUT2D eigenvalue weighted by Gasteiger charge is 2.53. The number of aliphatic hydroxyl groups is 1. The Labute approximate surface area is 121 Å². The minimum Gasteiger partial charge on any atom is -0.384 e. The number of hydrogen-bond acceptors (Lipinski definition) is 2. The third-order valence-electron chi connectivity index (χ3n) is 6.31. The van der Waals surface area contributed by atoms with Crippen molar-refractivity contribution in [2.24, 2.45) is 28.9 Å². The van der Waals surface area contributed by atoms with Gasteiger partial charge in [-0.1, -0.05) is 0 Å². The summed E-state index contributed by atoms with van der Waals surface area (Å²) in [6, 6.07) is 1.98. The topological polar surface area (TPSA) is 62.0 Å². The van der Waals surface area contributed by atoms with Crippen molar-refractivity contribution in [3.63, 3.8) is 0 Å². The maximum atomic E-state index is 11.1. The van der Waals surface area contributed by atoms with Crippen molar-refractivity contribution in [1.29, 1.82) is 0 Å². The van der Waals surface area contributed by atoms with Crippen LogP contribution in [0, 0.1) is 23.2 Å². The molecule has 0 spiro atoms. The van der Waals surface area contributed by atoms with E-state index < -0.39 is 5.60 Å². The largest absolute Gasteiger partial charge is 0.384 e. The van der Waals surface area contributed by atoms with E-state index in [0.29, 0.717) is 12.0 Å². The molecule has 1 aromatic heterocycles. The Balaban J connectivity index is 1.61. The van der Waals surface area contributed by atoms with Gasteiger partial charge in [-0.25, -0.2) is 0 Å². The summed E-state index contributed by atoms with van der Waals surface area (Å²) < 4.78 is 0. The summed E-state index contributed by atoms with van der Waals surface area (Å²) in [5, 5.41) is 11.1. The molecule has 20 heavy (non-hydrogen) atoms. The molecule has 4 aliphatic carbocycles. The van der Waals surface area contributed by atoms with Gasteiger partial charge in [-0.2, -0.15) is 0 Å². The predicted octanol–water partition coefficient (Wildman–Crippen LogP) is 2.77. The van der Waals surface area contributed by atoms with Crippen LogP contribution in [0.4, 0.5) is 0 Å². The van der Waals surface area contributed by atoms with E-state index in [1.165, 1.54) is 38.5 Å². The van der Waals surface area contributed by atoms with Gasteiger partial charge in [0.2, 0.25) is 0 Å². The summed E-state index contributed by atoms with van der Waals surface area (Å²) in [6.45, 7) is 0.326. The average molecular weight is 274 g/mol. The molecule has 3 heteroatoms. The lowest BCUT2D eigenvalue weighted by Gasteiger charge is -2.58. The number of hydrogen-bond donors (Lipinski definition) is 3. The lowest BCUT2D eigenvalue weighted by atomic mass is 9.47. The summed E-state index contributed by atoms with van der Waals surface area (Å²) >= 11 is 0. The van der Waals surface area contributed by atoms with Crippen molar-refractivity contribution in [2.45, 2.75) is 50.5 Å². The SMILES string of the molecule is NCC(O)(CC12CC3CC(CC(C3)C1)C2)c1cc[nH]c1. The highest BCUT2D eigenvalue weighted by Crippen LogP contribution is 2.62. The lowest BCUT2D eigenvalue weighted by Crippen LogP contribution is -2.50. The zero-order valence-corrected chi connectivity index (χ0v) is 12.1. The smallest absolute Gasteiger partial charge is 0.104 e. The molecule has 1 heterocycles. The molecule has 1 aromatic rings. The van der Waals surface area contributed by atoms with Gasteiger partial charge in [0.25, 0.3) is 0 Å². The van der Waals surface area contributed by atoms with Gasteiger partial charge in [-0.05, 0) is 74.2 Å². The minimum absolute atomic E-state index is 0.326. The number of rotatable bonds is 4. The summed E-state index contributed by atoms with van der Waals surface area (Å²) in [7, 11) is 0. The molecule has 5 rings (SSSR count). The van der Waals surface area contributed by atoms with Crippen LogP contribution < -0.4 is 5.73 Å². The van der Waals surface area contributed by atoms with Gasteiger partial charge in [0, 0.05) is 24.5 Å². The van der Waals surface area contributed by atoms with Crippen LogP contribution in [0.15, 0.2) is 18.5 Å². The first-order chi connectivity index (χ1) is 9.61. The number of nitrogens with one attached hydrogen (secondary N) is 1. The average Bonchev–Trinajstić information content (AvgIpc) is 2.90. The standard InChI is InChI=1S/C17H26N2O/c18-11-17(20,15-1-2-19-9-15)10-16-6-12-3-13(7-16)5-14(4-12)8-16/h1-2,9,12-14,19-20H,3-8,10-11,18H2. The van der Waals surface area contributed by atoms with E-state index in [-0.39, 0.29) is 0 Å². The number of H-pyrrole nitrogens is 1. The van der Waals surface area contributed by atoms with E-state index in [2.05, 4.69) is 4.98 Å². The van der Waals surface area contributed by atoms with Gasteiger partial charge in [0.15, 0.2) is 0 Å². The van der Waals surface area contributed by atoms with E-state index in [1.807, 2.05) is 18.5 Å². The Morgan fingerprint density at radius 3 is 2.25 bits per heavy atom. The van der Waals surface area contributed by atoms with Crippen molar-refractivity contribution in [3.05, 3.63) is 24.0 Å². The zero-order valence-electron chi connectivity index (χ0n) is 12.1. The quantitative estimate of drug-likeness (QED) is 0.790. The molecule has 4 aliphatic rings. The van der Waals surface area contributed by atoms with Crippen molar-refractivity contribution in [1.82, 2.24) is 4.98 Å². The Kier molecular flexibility index (Phi) is 2.80. The molecule has 4 N–H and O–H groups in total. The molecule has 0 saturated heterocycles. The Hall–Kier alpha value is -0.800. The van der Waals surface area contributed by atoms with Gasteiger partial charge in [0.1, 0.15) is 5.60 Å². The zero-order chi connectivity index (χ0) is 13.8. The molecule has 0 radical (unpaired) electrons. The van der Waals surface area contributed by atoms with Gasteiger partial charge in [0.05, 0.1) is 0 Å².